The van der Waals surface area contributed by atoms with Gasteiger partial charge in [0.2, 0.25) is 0 Å². The summed E-state index contributed by atoms with van der Waals surface area (Å²) in [7, 11) is 0. The second kappa shape index (κ2) is 21.8. The van der Waals surface area contributed by atoms with Crippen molar-refractivity contribution in [3.05, 3.63) is 102 Å². The Balaban J connectivity index is 0.000000246. The Morgan fingerprint density at radius 2 is 1.93 bits per heavy atom. The fraction of sp³-hybridized carbons (Fsp3) is 0.471. The fourth-order valence-corrected chi connectivity index (χ4v) is 4.80. The van der Waals surface area contributed by atoms with Crippen LogP contribution >= 0.6 is 11.9 Å². The molecule has 1 aliphatic rings. The highest BCUT2D eigenvalue weighted by Crippen LogP contribution is 2.28. The van der Waals surface area contributed by atoms with Gasteiger partial charge in [0, 0.05) is 36.4 Å². The maximum Gasteiger partial charge on any atom is 0.180 e. The van der Waals surface area contributed by atoms with E-state index in [0.29, 0.717) is 6.54 Å². The first-order chi connectivity index (χ1) is 20.0. The number of oxazole rings is 1. The Labute approximate surface area is 252 Å². The van der Waals surface area contributed by atoms with Crippen molar-refractivity contribution in [2.45, 2.75) is 78.2 Å². The van der Waals surface area contributed by atoms with Crippen LogP contribution in [-0.2, 0) is 12.8 Å². The molecule has 1 aliphatic carbocycles. The third-order valence-electron chi connectivity index (χ3n) is 6.74. The lowest BCUT2D eigenvalue weighted by Crippen LogP contribution is -2.23. The highest BCUT2D eigenvalue weighted by molar-refractivity contribution is 7.99. The molecule has 7 heteroatoms. The van der Waals surface area contributed by atoms with Gasteiger partial charge in [-0.05, 0) is 75.8 Å². The number of aliphatic hydroxyl groups excluding tert-OH is 1. The van der Waals surface area contributed by atoms with Gasteiger partial charge in [-0.1, -0.05) is 86.6 Å². The number of hydrogen-bond acceptors (Lipinski definition) is 7. The van der Waals surface area contributed by atoms with E-state index < -0.39 is 6.10 Å². The quantitative estimate of drug-likeness (QED) is 0.107. The Morgan fingerprint density at radius 1 is 1.15 bits per heavy atom. The van der Waals surface area contributed by atoms with Crippen molar-refractivity contribution in [2.24, 2.45) is 5.92 Å². The molecule has 224 valence electrons. The van der Waals surface area contributed by atoms with Crippen LogP contribution < -0.4 is 10.0 Å². The molecule has 1 atom stereocenters. The van der Waals surface area contributed by atoms with Crippen LogP contribution in [0.4, 0.5) is 5.69 Å². The summed E-state index contributed by atoms with van der Waals surface area (Å²) in [5.74, 6) is 0.960. The van der Waals surface area contributed by atoms with E-state index in [4.69, 9.17) is 4.42 Å². The zero-order valence-electron chi connectivity index (χ0n) is 25.4. The first kappa shape index (κ1) is 34.3. The number of nitrogens with one attached hydrogen (secondary N) is 2. The molecule has 3 N–H and O–H groups in total. The van der Waals surface area contributed by atoms with E-state index in [-0.39, 0.29) is 0 Å². The number of pyridine rings is 1. The number of rotatable bonds is 13. The first-order valence-corrected chi connectivity index (χ1v) is 16.1. The molecule has 0 amide bonds. The molecule has 0 aliphatic heterocycles. The predicted molar refractivity (Wildman–Crippen MR) is 175 cm³/mol. The smallest absolute Gasteiger partial charge is 0.180 e. The first-order valence-electron chi connectivity index (χ1n) is 14.9. The van der Waals surface area contributed by atoms with Crippen molar-refractivity contribution in [1.82, 2.24) is 15.3 Å². The van der Waals surface area contributed by atoms with Crippen molar-refractivity contribution >= 4 is 17.6 Å². The van der Waals surface area contributed by atoms with Gasteiger partial charge in [-0.3, -0.25) is 4.98 Å². The number of benzene rings is 1. The summed E-state index contributed by atoms with van der Waals surface area (Å²) in [5.41, 5.74) is 5.71. The van der Waals surface area contributed by atoms with Crippen LogP contribution in [0.25, 0.3) is 0 Å². The van der Waals surface area contributed by atoms with Crippen molar-refractivity contribution in [2.75, 3.05) is 24.1 Å². The number of nitrogens with zero attached hydrogens (tertiary/aromatic N) is 2. The lowest BCUT2D eigenvalue weighted by molar-refractivity contribution is 0.174. The van der Waals surface area contributed by atoms with E-state index in [0.717, 1.165) is 48.7 Å². The van der Waals surface area contributed by atoms with Crippen molar-refractivity contribution in [3.63, 3.8) is 0 Å². The van der Waals surface area contributed by atoms with Gasteiger partial charge in [0.05, 0.1) is 11.8 Å². The van der Waals surface area contributed by atoms with Gasteiger partial charge < -0.3 is 19.6 Å². The van der Waals surface area contributed by atoms with Gasteiger partial charge in [-0.2, -0.15) is 0 Å². The van der Waals surface area contributed by atoms with Crippen molar-refractivity contribution in [3.8, 4) is 0 Å². The molecule has 3 aromatic rings. The van der Waals surface area contributed by atoms with Gasteiger partial charge in [-0.15, -0.1) is 0 Å². The minimum absolute atomic E-state index is 0.508. The molecule has 1 fully saturated rings. The van der Waals surface area contributed by atoms with E-state index in [2.05, 4.69) is 83.3 Å². The minimum Gasteiger partial charge on any atom is -0.451 e. The van der Waals surface area contributed by atoms with E-state index >= 15 is 0 Å². The lowest BCUT2D eigenvalue weighted by atomic mass is 10.0. The van der Waals surface area contributed by atoms with E-state index in [9.17, 15) is 5.11 Å². The van der Waals surface area contributed by atoms with Crippen LogP contribution in [0.2, 0.25) is 0 Å². The zero-order chi connectivity index (χ0) is 29.5. The molecule has 2 aromatic heterocycles. The average molecular weight is 579 g/mol. The maximum absolute atomic E-state index is 10.0. The summed E-state index contributed by atoms with van der Waals surface area (Å²) in [6.45, 7) is 7.71. The highest BCUT2D eigenvalue weighted by atomic mass is 32.2. The highest BCUT2D eigenvalue weighted by Gasteiger charge is 2.14. The molecule has 2 heterocycles. The summed E-state index contributed by atoms with van der Waals surface area (Å²) in [6.07, 6.45) is 24.7. The zero-order valence-corrected chi connectivity index (χ0v) is 26.2. The summed E-state index contributed by atoms with van der Waals surface area (Å²) in [5, 5.41) is 13.3. The van der Waals surface area contributed by atoms with Gasteiger partial charge >= 0.3 is 0 Å². The maximum atomic E-state index is 10.0. The minimum atomic E-state index is -0.508. The summed E-state index contributed by atoms with van der Waals surface area (Å²) in [4.78, 5) is 8.12. The number of aliphatic hydroxyl groups is 1. The van der Waals surface area contributed by atoms with Crippen molar-refractivity contribution < 1.29 is 9.52 Å². The Kier molecular flexibility index (Phi) is 18.3. The fourth-order valence-electron chi connectivity index (χ4n) is 4.43. The molecule has 0 bridgehead atoms. The number of hydrogen-bond donors (Lipinski definition) is 3. The SMILES string of the molecule is CC/C=C\C=C(C)C.CSNc1ccc(CCNCC(O)c2cccnc2)cc1.c1nc(CCC2CCCC2)co1. The molecule has 0 radical (unpaired) electrons. The molecule has 4 rings (SSSR count). The second-order valence-electron chi connectivity index (χ2n) is 10.5. The monoisotopic (exact) mass is 578 g/mol. The second-order valence-corrected chi connectivity index (χ2v) is 11.1. The average Bonchev–Trinajstić information content (AvgIpc) is 3.71. The molecular formula is C34H50N4O2S. The lowest BCUT2D eigenvalue weighted by Gasteiger charge is -2.12. The largest absolute Gasteiger partial charge is 0.451 e. The third kappa shape index (κ3) is 16.2. The number of allylic oxidation sites excluding steroid dienone is 4. The Bertz CT molecular complexity index is 1080. The Morgan fingerprint density at radius 3 is 2.54 bits per heavy atom. The van der Waals surface area contributed by atoms with Crippen LogP contribution in [0, 0.1) is 5.92 Å². The van der Waals surface area contributed by atoms with Gasteiger partial charge in [-0.25, -0.2) is 4.98 Å². The van der Waals surface area contributed by atoms with Gasteiger partial charge in [0.25, 0.3) is 0 Å². The number of anilines is 1. The molecule has 6 nitrogen and oxygen atoms in total. The summed E-state index contributed by atoms with van der Waals surface area (Å²) in [6, 6.07) is 12.1. The molecule has 1 saturated carbocycles. The summed E-state index contributed by atoms with van der Waals surface area (Å²) < 4.78 is 8.12. The van der Waals surface area contributed by atoms with E-state index in [1.807, 2.05) is 18.4 Å². The van der Waals surface area contributed by atoms with Crippen molar-refractivity contribution in [1.29, 1.82) is 0 Å². The standard InChI is InChI=1S/C16H21N3OS.C10H15NO.C8H14/c1-21-19-15-6-4-13(5-7-15)8-10-18-12-16(20)14-3-2-9-17-11-14;1-2-4-9(3-1)5-6-10-7-12-8-11-10;1-4-5-6-7-8(2)3/h2-7,9,11,16,18-20H,8,10,12H2,1H3;7-9H,1-6H2;5-7H,4H2,1-3H3/b;;6-5-. The molecule has 0 saturated heterocycles. The molecule has 1 unspecified atom stereocenters. The molecule has 0 spiro atoms. The molecular weight excluding hydrogens is 528 g/mol. The molecule has 1 aromatic carbocycles. The molecule has 41 heavy (non-hydrogen) atoms. The Hall–Kier alpha value is -2.87. The topological polar surface area (TPSA) is 83.2 Å². The van der Waals surface area contributed by atoms with Gasteiger partial charge in [0.15, 0.2) is 6.39 Å². The van der Waals surface area contributed by atoms with Crippen LogP contribution in [0.5, 0.6) is 0 Å². The van der Waals surface area contributed by atoms with Crippen LogP contribution in [-0.4, -0.2) is 34.4 Å². The van der Waals surface area contributed by atoms with E-state index in [1.54, 1.807) is 30.6 Å². The number of aryl methyl sites for hydroxylation is 1. The summed E-state index contributed by atoms with van der Waals surface area (Å²) >= 11 is 1.59. The van der Waals surface area contributed by atoms with Gasteiger partial charge in [0.1, 0.15) is 6.26 Å². The normalized spacial score (nSPS) is 13.6. The van der Waals surface area contributed by atoms with Crippen LogP contribution in [0.15, 0.2) is 89.7 Å². The van der Waals surface area contributed by atoms with E-state index in [1.165, 1.54) is 49.6 Å². The predicted octanol–water partition coefficient (Wildman–Crippen LogP) is 8.35. The van der Waals surface area contributed by atoms with Crippen LogP contribution in [0.1, 0.15) is 82.2 Å². The number of aromatic nitrogens is 2. The third-order valence-corrected chi connectivity index (χ3v) is 7.18. The van der Waals surface area contributed by atoms with Crippen LogP contribution in [0.3, 0.4) is 0 Å².